The summed E-state index contributed by atoms with van der Waals surface area (Å²) >= 11 is 0. The number of hydrogen-bond donors (Lipinski definition) is 4. The van der Waals surface area contributed by atoms with Crippen molar-refractivity contribution in [3.8, 4) is 0 Å². The minimum atomic E-state index is -0.657. The van der Waals surface area contributed by atoms with Gasteiger partial charge in [-0.05, 0) is 48.9 Å². The van der Waals surface area contributed by atoms with Crippen molar-refractivity contribution in [3.63, 3.8) is 0 Å². The molecule has 3 atom stereocenters. The molecule has 10 heteroatoms. The van der Waals surface area contributed by atoms with Crippen molar-refractivity contribution < 1.29 is 22.7 Å². The molecule has 1 heterocycles. The number of benzene rings is 2. The van der Waals surface area contributed by atoms with E-state index in [-0.39, 0.29) is 23.6 Å². The molecule has 0 bridgehead atoms. The van der Waals surface area contributed by atoms with Gasteiger partial charge in [0.05, 0.1) is 12.8 Å². The number of nitrogens with one attached hydrogen (secondary N) is 4. The fourth-order valence-electron chi connectivity index (χ4n) is 3.20. The molecule has 1 fully saturated rings. The zero-order valence-electron chi connectivity index (χ0n) is 17.1. The van der Waals surface area contributed by atoms with Gasteiger partial charge in [0.25, 0.3) is 5.91 Å². The van der Waals surface area contributed by atoms with Crippen LogP contribution in [0.2, 0.25) is 0 Å². The van der Waals surface area contributed by atoms with Crippen LogP contribution in [0.15, 0.2) is 47.5 Å². The molecule has 0 aromatic heterocycles. The maximum Gasteiger partial charge on any atom is 0.280 e. The molecule has 0 saturated carbocycles. The van der Waals surface area contributed by atoms with Crippen LogP contribution in [-0.4, -0.2) is 37.8 Å². The molecule has 1 aliphatic rings. The smallest absolute Gasteiger partial charge is 0.280 e. The monoisotopic (exact) mass is 435 g/mol. The third-order valence-electron chi connectivity index (χ3n) is 4.61. The van der Waals surface area contributed by atoms with Crippen LogP contribution in [0.3, 0.4) is 0 Å². The molecule has 4 N–H and O–H groups in total. The molecule has 7 nitrogen and oxygen atoms in total. The van der Waals surface area contributed by atoms with Gasteiger partial charge in [-0.3, -0.25) is 4.79 Å². The number of rotatable bonds is 6. The number of nitrogens with zero attached hydrogens (tertiary/aromatic N) is 1. The van der Waals surface area contributed by atoms with Crippen LogP contribution in [0, 0.1) is 17.5 Å². The Bertz CT molecular complexity index is 919. The predicted octanol–water partition coefficient (Wildman–Crippen LogP) is 2.38. The highest BCUT2D eigenvalue weighted by atomic mass is 19.1. The quantitative estimate of drug-likeness (QED) is 0.412. The van der Waals surface area contributed by atoms with Gasteiger partial charge in [0.15, 0.2) is 0 Å². The number of carbonyl (C=O) groups is 1. The average Bonchev–Trinajstić information content (AvgIpc) is 3.16. The second-order valence-electron chi connectivity index (χ2n) is 7.25. The van der Waals surface area contributed by atoms with Crippen molar-refractivity contribution in [2.75, 3.05) is 13.7 Å². The van der Waals surface area contributed by atoms with Crippen molar-refractivity contribution in [2.24, 2.45) is 4.99 Å². The molecule has 2 aromatic rings. The second-order valence-corrected chi connectivity index (χ2v) is 7.25. The molecule has 0 spiro atoms. The van der Waals surface area contributed by atoms with Gasteiger partial charge in [-0.15, -0.1) is 0 Å². The van der Waals surface area contributed by atoms with E-state index < -0.39 is 29.5 Å². The lowest BCUT2D eigenvalue weighted by molar-refractivity contribution is 0.100. The third kappa shape index (κ3) is 6.51. The van der Waals surface area contributed by atoms with E-state index in [2.05, 4.69) is 26.5 Å². The molecular formula is C21H24F3N5O2. The summed E-state index contributed by atoms with van der Waals surface area (Å²) in [4.78, 5) is 16.6. The van der Waals surface area contributed by atoms with Gasteiger partial charge in [0.1, 0.15) is 17.5 Å². The first-order valence-corrected chi connectivity index (χ1v) is 9.71. The predicted molar refractivity (Wildman–Crippen MR) is 110 cm³/mol. The zero-order chi connectivity index (χ0) is 22.4. The Kier molecular flexibility index (Phi) is 7.61. The van der Waals surface area contributed by atoms with E-state index in [0.29, 0.717) is 18.6 Å². The molecule has 2 unspecified atom stereocenters. The van der Waals surface area contributed by atoms with Crippen molar-refractivity contribution in [2.45, 2.75) is 31.6 Å². The molecule has 0 aliphatic carbocycles. The number of hydrazine groups is 1. The minimum absolute atomic E-state index is 0.167. The maximum absolute atomic E-state index is 13.5. The van der Waals surface area contributed by atoms with Crippen LogP contribution in [0.25, 0.3) is 0 Å². The first kappa shape index (κ1) is 22.7. The SMILES string of the molecule is COC[C@H](C)N/C(=N/C(=O)c1ccc(F)cc1)NC1CC(c2cc(F)cc(F)c2)NN1. The van der Waals surface area contributed by atoms with Gasteiger partial charge >= 0.3 is 0 Å². The van der Waals surface area contributed by atoms with E-state index in [4.69, 9.17) is 4.74 Å². The Morgan fingerprint density at radius 2 is 1.81 bits per heavy atom. The highest BCUT2D eigenvalue weighted by molar-refractivity contribution is 6.02. The van der Waals surface area contributed by atoms with Crippen LogP contribution in [0.5, 0.6) is 0 Å². The number of methoxy groups -OCH3 is 1. The van der Waals surface area contributed by atoms with Crippen LogP contribution in [0.1, 0.15) is 35.3 Å². The second kappa shape index (κ2) is 10.4. The van der Waals surface area contributed by atoms with E-state index in [1.54, 1.807) is 7.11 Å². The number of amides is 1. The van der Waals surface area contributed by atoms with Crippen molar-refractivity contribution >= 4 is 11.9 Å². The van der Waals surface area contributed by atoms with E-state index in [9.17, 15) is 18.0 Å². The molecule has 31 heavy (non-hydrogen) atoms. The molecular weight excluding hydrogens is 411 g/mol. The normalized spacial score (nSPS) is 19.8. The largest absolute Gasteiger partial charge is 0.383 e. The van der Waals surface area contributed by atoms with E-state index >= 15 is 0 Å². The summed E-state index contributed by atoms with van der Waals surface area (Å²) in [6.07, 6.45) is 0.0332. The number of ether oxygens (including phenoxy) is 1. The van der Waals surface area contributed by atoms with Crippen LogP contribution < -0.4 is 21.5 Å². The Hall–Kier alpha value is -2.95. The fourth-order valence-corrected chi connectivity index (χ4v) is 3.20. The number of guanidine groups is 1. The Balaban J connectivity index is 1.72. The Morgan fingerprint density at radius 3 is 2.45 bits per heavy atom. The van der Waals surface area contributed by atoms with E-state index in [1.807, 2.05) is 6.92 Å². The number of aliphatic imine (C=N–C) groups is 1. The number of carbonyl (C=O) groups excluding carboxylic acids is 1. The van der Waals surface area contributed by atoms with E-state index in [1.165, 1.54) is 36.4 Å². The third-order valence-corrected chi connectivity index (χ3v) is 4.61. The highest BCUT2D eigenvalue weighted by Gasteiger charge is 2.27. The van der Waals surface area contributed by atoms with Gasteiger partial charge in [0.2, 0.25) is 5.96 Å². The summed E-state index contributed by atoms with van der Waals surface area (Å²) in [5, 5.41) is 6.13. The van der Waals surface area contributed by atoms with Crippen molar-refractivity contribution in [1.82, 2.24) is 21.5 Å². The van der Waals surface area contributed by atoms with Crippen LogP contribution >= 0.6 is 0 Å². The Morgan fingerprint density at radius 1 is 1.13 bits per heavy atom. The lowest BCUT2D eigenvalue weighted by Gasteiger charge is -2.20. The van der Waals surface area contributed by atoms with Gasteiger partial charge in [-0.2, -0.15) is 4.99 Å². The first-order valence-electron chi connectivity index (χ1n) is 9.71. The molecule has 1 saturated heterocycles. The Labute approximate surface area is 178 Å². The summed E-state index contributed by atoms with van der Waals surface area (Å²) in [5.74, 6) is -2.14. The van der Waals surface area contributed by atoms with E-state index in [0.717, 1.165) is 6.07 Å². The summed E-state index contributed by atoms with van der Waals surface area (Å²) in [6.45, 7) is 2.22. The first-order chi connectivity index (χ1) is 14.8. The van der Waals surface area contributed by atoms with Crippen LogP contribution in [0.4, 0.5) is 13.2 Å². The fraction of sp³-hybridized carbons (Fsp3) is 0.333. The topological polar surface area (TPSA) is 86.8 Å². The van der Waals surface area contributed by atoms with Crippen molar-refractivity contribution in [3.05, 3.63) is 71.0 Å². The highest BCUT2D eigenvalue weighted by Crippen LogP contribution is 2.23. The molecule has 1 aliphatic heterocycles. The number of halogens is 3. The molecule has 3 rings (SSSR count). The minimum Gasteiger partial charge on any atom is -0.383 e. The molecule has 166 valence electrons. The van der Waals surface area contributed by atoms with Crippen molar-refractivity contribution in [1.29, 1.82) is 0 Å². The molecule has 0 radical (unpaired) electrons. The van der Waals surface area contributed by atoms with Gasteiger partial charge < -0.3 is 15.4 Å². The number of hydrogen-bond acceptors (Lipinski definition) is 4. The van der Waals surface area contributed by atoms with Gasteiger partial charge in [0, 0.05) is 37.2 Å². The zero-order valence-corrected chi connectivity index (χ0v) is 17.1. The lowest BCUT2D eigenvalue weighted by Crippen LogP contribution is -2.52. The average molecular weight is 435 g/mol. The van der Waals surface area contributed by atoms with Gasteiger partial charge in [-0.1, -0.05) is 0 Å². The van der Waals surface area contributed by atoms with Gasteiger partial charge in [-0.25, -0.2) is 24.0 Å². The summed E-state index contributed by atoms with van der Waals surface area (Å²) in [5.41, 5.74) is 6.64. The maximum atomic E-state index is 13.5. The van der Waals surface area contributed by atoms with Crippen LogP contribution in [-0.2, 0) is 4.74 Å². The summed E-state index contributed by atoms with van der Waals surface area (Å²) < 4.78 is 45.3. The standard InChI is InChI=1S/C21H24F3N5O2/c1-12(11-31-2)25-21(27-20(30)13-3-5-15(22)6-4-13)26-19-10-18(28-29-19)14-7-16(23)9-17(24)8-14/h3-9,12,18-19,28-29H,10-11H2,1-2H3,(H2,25,26,27,30)/t12-,18?,19?/m0/s1. The lowest BCUT2D eigenvalue weighted by atomic mass is 10.0. The summed E-state index contributed by atoms with van der Waals surface area (Å²) in [6, 6.07) is 7.88. The summed E-state index contributed by atoms with van der Waals surface area (Å²) in [7, 11) is 1.55. The molecule has 2 aromatic carbocycles. The molecule has 1 amide bonds.